The third kappa shape index (κ3) is 8.53. The molecule has 1 amide bonds. The molecule has 7 heteroatoms. The Kier molecular flexibility index (Phi) is 10.7. The summed E-state index contributed by atoms with van der Waals surface area (Å²) >= 11 is 5.87. The summed E-state index contributed by atoms with van der Waals surface area (Å²) in [7, 11) is 1.67. The Hall–Kier alpha value is -1.80. The second-order valence-electron chi connectivity index (χ2n) is 5.49. The number of amides is 1. The minimum absolute atomic E-state index is 0. The minimum Gasteiger partial charge on any atom is -0.354 e. The molecule has 0 bridgehead atoms. The van der Waals surface area contributed by atoms with Crippen LogP contribution >= 0.6 is 35.6 Å². The summed E-state index contributed by atoms with van der Waals surface area (Å²) in [6.07, 6.45) is 0.816. The van der Waals surface area contributed by atoms with Crippen molar-refractivity contribution < 1.29 is 4.79 Å². The van der Waals surface area contributed by atoms with Crippen LogP contribution in [-0.4, -0.2) is 32.0 Å². The smallest absolute Gasteiger partial charge is 0.239 e. The molecule has 0 aliphatic heterocycles. The van der Waals surface area contributed by atoms with E-state index in [1.807, 2.05) is 54.6 Å². The van der Waals surface area contributed by atoms with Crippen molar-refractivity contribution in [2.75, 3.05) is 20.1 Å². The Balaban J connectivity index is 0.00000338. The number of aliphatic imine (C=N–C) groups is 1. The van der Waals surface area contributed by atoms with Gasteiger partial charge >= 0.3 is 0 Å². The van der Waals surface area contributed by atoms with Gasteiger partial charge in [-0.3, -0.25) is 9.79 Å². The lowest BCUT2D eigenvalue weighted by molar-refractivity contribution is -0.119. The van der Waals surface area contributed by atoms with Crippen molar-refractivity contribution in [3.8, 4) is 0 Å². The van der Waals surface area contributed by atoms with Crippen LogP contribution < -0.4 is 16.0 Å². The summed E-state index contributed by atoms with van der Waals surface area (Å²) in [5, 5.41) is 9.76. The quantitative estimate of drug-likeness (QED) is 0.320. The molecular formula is C19H24ClIN4O. The summed E-state index contributed by atoms with van der Waals surface area (Å²) in [4.78, 5) is 16.0. The fourth-order valence-corrected chi connectivity index (χ4v) is 2.35. The average molecular weight is 487 g/mol. The van der Waals surface area contributed by atoms with Gasteiger partial charge in [0.25, 0.3) is 0 Å². The van der Waals surface area contributed by atoms with Crippen molar-refractivity contribution in [3.63, 3.8) is 0 Å². The van der Waals surface area contributed by atoms with Crippen LogP contribution in [0.4, 0.5) is 0 Å². The van der Waals surface area contributed by atoms with E-state index >= 15 is 0 Å². The van der Waals surface area contributed by atoms with Crippen LogP contribution in [0.15, 0.2) is 59.6 Å². The van der Waals surface area contributed by atoms with Crippen LogP contribution in [0.1, 0.15) is 11.1 Å². The van der Waals surface area contributed by atoms with E-state index in [0.717, 1.165) is 12.0 Å². The van der Waals surface area contributed by atoms with Gasteiger partial charge in [-0.2, -0.15) is 0 Å². The SMILES string of the molecule is CN=C(NCC(=O)NCCc1ccccc1)NCc1ccc(Cl)cc1.I. The minimum atomic E-state index is -0.0645. The Bertz CT molecular complexity index is 692. The molecular weight excluding hydrogens is 463 g/mol. The van der Waals surface area contributed by atoms with Gasteiger partial charge in [0.2, 0.25) is 5.91 Å². The highest BCUT2D eigenvalue weighted by molar-refractivity contribution is 14.0. The van der Waals surface area contributed by atoms with Gasteiger partial charge in [0, 0.05) is 25.2 Å². The molecule has 0 fully saturated rings. The second kappa shape index (κ2) is 12.5. The highest BCUT2D eigenvalue weighted by atomic mass is 127. The molecule has 2 aromatic carbocycles. The van der Waals surface area contributed by atoms with Gasteiger partial charge in [-0.25, -0.2) is 0 Å². The lowest BCUT2D eigenvalue weighted by Crippen LogP contribution is -2.43. The van der Waals surface area contributed by atoms with Crippen LogP contribution in [-0.2, 0) is 17.8 Å². The van der Waals surface area contributed by atoms with E-state index in [-0.39, 0.29) is 36.4 Å². The molecule has 0 spiro atoms. The molecule has 2 aromatic rings. The average Bonchev–Trinajstić information content (AvgIpc) is 2.64. The predicted octanol–water partition coefficient (Wildman–Crippen LogP) is 2.98. The molecule has 26 heavy (non-hydrogen) atoms. The molecule has 0 saturated carbocycles. The Labute approximate surface area is 176 Å². The first-order chi connectivity index (χ1) is 12.2. The number of carbonyl (C=O) groups is 1. The van der Waals surface area contributed by atoms with Crippen LogP contribution in [0.5, 0.6) is 0 Å². The van der Waals surface area contributed by atoms with Gasteiger partial charge in [-0.05, 0) is 29.7 Å². The van der Waals surface area contributed by atoms with Gasteiger partial charge < -0.3 is 16.0 Å². The molecule has 0 unspecified atom stereocenters. The first-order valence-electron chi connectivity index (χ1n) is 8.17. The molecule has 3 N–H and O–H groups in total. The number of benzene rings is 2. The first kappa shape index (κ1) is 22.2. The van der Waals surface area contributed by atoms with E-state index in [9.17, 15) is 4.79 Å². The highest BCUT2D eigenvalue weighted by Gasteiger charge is 2.03. The van der Waals surface area contributed by atoms with Crippen molar-refractivity contribution in [1.82, 2.24) is 16.0 Å². The lowest BCUT2D eigenvalue weighted by Gasteiger charge is -2.12. The normalized spacial score (nSPS) is 10.6. The number of nitrogens with zero attached hydrogens (tertiary/aromatic N) is 1. The Morgan fingerprint density at radius 3 is 2.31 bits per heavy atom. The zero-order chi connectivity index (χ0) is 17.9. The monoisotopic (exact) mass is 486 g/mol. The highest BCUT2D eigenvalue weighted by Crippen LogP contribution is 2.08. The molecule has 0 aromatic heterocycles. The Morgan fingerprint density at radius 2 is 1.65 bits per heavy atom. The molecule has 0 aliphatic rings. The largest absolute Gasteiger partial charge is 0.354 e. The van der Waals surface area contributed by atoms with Crippen molar-refractivity contribution in [2.24, 2.45) is 4.99 Å². The topological polar surface area (TPSA) is 65.5 Å². The van der Waals surface area contributed by atoms with E-state index < -0.39 is 0 Å². The molecule has 0 heterocycles. The molecule has 5 nitrogen and oxygen atoms in total. The number of rotatable bonds is 7. The van der Waals surface area contributed by atoms with Gasteiger partial charge in [-0.1, -0.05) is 54.1 Å². The van der Waals surface area contributed by atoms with Crippen molar-refractivity contribution in [3.05, 3.63) is 70.7 Å². The zero-order valence-electron chi connectivity index (χ0n) is 14.7. The number of hydrogen-bond donors (Lipinski definition) is 3. The number of nitrogens with one attached hydrogen (secondary N) is 3. The maximum Gasteiger partial charge on any atom is 0.239 e. The van der Waals surface area contributed by atoms with Gasteiger partial charge in [0.05, 0.1) is 6.54 Å². The van der Waals surface area contributed by atoms with E-state index in [0.29, 0.717) is 24.1 Å². The Morgan fingerprint density at radius 1 is 0.962 bits per heavy atom. The fourth-order valence-electron chi connectivity index (χ4n) is 2.23. The summed E-state index contributed by atoms with van der Waals surface area (Å²) in [6.45, 7) is 1.39. The zero-order valence-corrected chi connectivity index (χ0v) is 17.8. The first-order valence-corrected chi connectivity index (χ1v) is 8.55. The van der Waals surface area contributed by atoms with Crippen molar-refractivity contribution in [1.29, 1.82) is 0 Å². The van der Waals surface area contributed by atoms with E-state index in [4.69, 9.17) is 11.6 Å². The predicted molar refractivity (Wildman–Crippen MR) is 118 cm³/mol. The van der Waals surface area contributed by atoms with Crippen LogP contribution in [0, 0.1) is 0 Å². The van der Waals surface area contributed by atoms with Gasteiger partial charge in [0.1, 0.15) is 0 Å². The third-order valence-corrected chi connectivity index (χ3v) is 3.84. The van der Waals surface area contributed by atoms with E-state index in [1.54, 1.807) is 7.05 Å². The van der Waals surface area contributed by atoms with Crippen LogP contribution in [0.25, 0.3) is 0 Å². The van der Waals surface area contributed by atoms with Gasteiger partial charge in [0.15, 0.2) is 5.96 Å². The number of carbonyl (C=O) groups excluding carboxylic acids is 1. The van der Waals surface area contributed by atoms with Crippen molar-refractivity contribution in [2.45, 2.75) is 13.0 Å². The summed E-state index contributed by atoms with van der Waals surface area (Å²) in [5.41, 5.74) is 2.29. The number of guanidine groups is 1. The van der Waals surface area contributed by atoms with Crippen LogP contribution in [0.3, 0.4) is 0 Å². The molecule has 0 atom stereocenters. The summed E-state index contributed by atoms with van der Waals surface area (Å²) < 4.78 is 0. The standard InChI is InChI=1S/C19H23ClN4O.HI/c1-21-19(23-13-16-7-9-17(20)10-8-16)24-14-18(25)22-12-11-15-5-3-2-4-6-15;/h2-10H,11-14H2,1H3,(H,22,25)(H2,21,23,24);1H. The van der Waals surface area contributed by atoms with Gasteiger partial charge in [-0.15, -0.1) is 24.0 Å². The molecule has 0 saturated heterocycles. The lowest BCUT2D eigenvalue weighted by atomic mass is 10.1. The number of hydrogen-bond acceptors (Lipinski definition) is 2. The molecule has 140 valence electrons. The maximum atomic E-state index is 11.9. The number of halogens is 2. The molecule has 0 aliphatic carbocycles. The van der Waals surface area contributed by atoms with E-state index in [2.05, 4.69) is 20.9 Å². The third-order valence-electron chi connectivity index (χ3n) is 3.59. The molecule has 2 rings (SSSR count). The summed E-state index contributed by atoms with van der Waals surface area (Å²) in [5.74, 6) is 0.513. The molecule has 0 radical (unpaired) electrons. The van der Waals surface area contributed by atoms with E-state index in [1.165, 1.54) is 5.56 Å². The summed E-state index contributed by atoms with van der Waals surface area (Å²) in [6, 6.07) is 17.6. The second-order valence-corrected chi connectivity index (χ2v) is 5.93. The van der Waals surface area contributed by atoms with Crippen LogP contribution in [0.2, 0.25) is 5.02 Å². The van der Waals surface area contributed by atoms with Crippen molar-refractivity contribution >= 4 is 47.4 Å². The fraction of sp³-hybridized carbons (Fsp3) is 0.263. The maximum absolute atomic E-state index is 11.9.